The minimum absolute atomic E-state index is 1.04. The lowest BCUT2D eigenvalue weighted by Crippen LogP contribution is -2.28. The van der Waals surface area contributed by atoms with E-state index in [2.05, 4.69) is 34.1 Å². The Bertz CT molecular complexity index is 438. The third-order valence-corrected chi connectivity index (χ3v) is 4.17. The number of hydrogen-bond acceptors (Lipinski definition) is 3. The first-order valence-electron chi connectivity index (χ1n) is 5.99. The molecule has 3 heteroatoms. The van der Waals surface area contributed by atoms with E-state index < -0.39 is 0 Å². The second-order valence-electron chi connectivity index (χ2n) is 4.41. The summed E-state index contributed by atoms with van der Waals surface area (Å²) in [5.74, 6) is 0. The van der Waals surface area contributed by atoms with E-state index in [1.54, 1.807) is 0 Å². The van der Waals surface area contributed by atoms with Crippen molar-refractivity contribution in [3.05, 3.63) is 29.3 Å². The fourth-order valence-electron chi connectivity index (χ4n) is 2.30. The monoisotopic (exact) mass is 232 g/mol. The van der Waals surface area contributed by atoms with Gasteiger partial charge in [-0.2, -0.15) is 0 Å². The van der Waals surface area contributed by atoms with Crippen LogP contribution in [0.4, 0.5) is 0 Å². The second-order valence-corrected chi connectivity index (χ2v) is 5.53. The molecule has 1 aromatic heterocycles. The summed E-state index contributed by atoms with van der Waals surface area (Å²) >= 11 is 1.84. The van der Waals surface area contributed by atoms with Gasteiger partial charge >= 0.3 is 0 Å². The van der Waals surface area contributed by atoms with E-state index in [0.717, 1.165) is 12.1 Å². The van der Waals surface area contributed by atoms with Crippen molar-refractivity contribution in [3.8, 4) is 0 Å². The van der Waals surface area contributed by atoms with E-state index in [1.165, 1.54) is 42.1 Å². The van der Waals surface area contributed by atoms with Crippen LogP contribution < -0.4 is 0 Å². The van der Waals surface area contributed by atoms with Crippen LogP contribution in [0.25, 0.3) is 10.2 Å². The van der Waals surface area contributed by atoms with Gasteiger partial charge in [-0.25, -0.2) is 4.98 Å². The lowest BCUT2D eigenvalue weighted by atomic mass is 10.1. The van der Waals surface area contributed by atoms with Gasteiger partial charge in [0.05, 0.1) is 16.8 Å². The third kappa shape index (κ3) is 2.11. The molecule has 1 aliphatic heterocycles. The van der Waals surface area contributed by atoms with E-state index in [-0.39, 0.29) is 0 Å². The zero-order valence-electron chi connectivity index (χ0n) is 9.35. The average Bonchev–Trinajstić information content (AvgIpc) is 2.72. The Morgan fingerprint density at radius 1 is 1.12 bits per heavy atom. The molecule has 3 rings (SSSR count). The number of thiazole rings is 1. The van der Waals surface area contributed by atoms with Crippen LogP contribution in [-0.4, -0.2) is 23.0 Å². The number of likely N-dealkylation sites (tertiary alicyclic amines) is 1. The molecule has 0 radical (unpaired) electrons. The molecule has 0 aliphatic carbocycles. The predicted octanol–water partition coefficient (Wildman–Crippen LogP) is 3.28. The molecule has 0 amide bonds. The van der Waals surface area contributed by atoms with Crippen molar-refractivity contribution in [1.29, 1.82) is 0 Å². The van der Waals surface area contributed by atoms with Crippen LogP contribution in [0, 0.1) is 0 Å². The standard InChI is InChI=1S/C13H16N2S/c1-4-8-15(9-5-1)10-13-14-11-6-2-3-7-12(11)16-13/h2-3,6-7H,1,4-5,8-10H2. The summed E-state index contributed by atoms with van der Waals surface area (Å²) in [5, 5.41) is 1.27. The Kier molecular flexibility index (Phi) is 2.89. The van der Waals surface area contributed by atoms with Gasteiger partial charge in [0, 0.05) is 0 Å². The van der Waals surface area contributed by atoms with E-state index in [0.29, 0.717) is 0 Å². The van der Waals surface area contributed by atoms with Gasteiger partial charge in [-0.05, 0) is 38.1 Å². The fraction of sp³-hybridized carbons (Fsp3) is 0.462. The van der Waals surface area contributed by atoms with Gasteiger partial charge in [-0.3, -0.25) is 4.90 Å². The molecule has 0 bridgehead atoms. The molecule has 1 fully saturated rings. The summed E-state index contributed by atoms with van der Waals surface area (Å²) in [4.78, 5) is 7.21. The number of piperidine rings is 1. The Hall–Kier alpha value is -0.930. The molecule has 0 unspecified atom stereocenters. The third-order valence-electron chi connectivity index (χ3n) is 3.15. The maximum absolute atomic E-state index is 4.68. The molecule has 0 N–H and O–H groups in total. The summed E-state index contributed by atoms with van der Waals surface area (Å²) in [6, 6.07) is 8.41. The molecular weight excluding hydrogens is 216 g/mol. The predicted molar refractivity (Wildman–Crippen MR) is 68.7 cm³/mol. The van der Waals surface area contributed by atoms with Crippen LogP contribution in [0.3, 0.4) is 0 Å². The lowest BCUT2D eigenvalue weighted by molar-refractivity contribution is 0.221. The number of rotatable bonds is 2. The zero-order chi connectivity index (χ0) is 10.8. The van der Waals surface area contributed by atoms with Crippen molar-refractivity contribution in [2.75, 3.05) is 13.1 Å². The lowest BCUT2D eigenvalue weighted by Gasteiger charge is -2.25. The number of aromatic nitrogens is 1. The van der Waals surface area contributed by atoms with Gasteiger partial charge in [-0.15, -0.1) is 11.3 Å². The van der Waals surface area contributed by atoms with Crippen LogP contribution >= 0.6 is 11.3 Å². The van der Waals surface area contributed by atoms with Crippen molar-refractivity contribution >= 4 is 21.6 Å². The highest BCUT2D eigenvalue weighted by atomic mass is 32.1. The van der Waals surface area contributed by atoms with Crippen molar-refractivity contribution in [2.45, 2.75) is 25.8 Å². The Morgan fingerprint density at radius 2 is 1.94 bits per heavy atom. The van der Waals surface area contributed by atoms with Crippen LogP contribution in [0.1, 0.15) is 24.3 Å². The minimum atomic E-state index is 1.04. The van der Waals surface area contributed by atoms with Crippen LogP contribution in [0.15, 0.2) is 24.3 Å². The summed E-state index contributed by atoms with van der Waals surface area (Å²) in [6.07, 6.45) is 4.10. The van der Waals surface area contributed by atoms with E-state index in [9.17, 15) is 0 Å². The molecule has 16 heavy (non-hydrogen) atoms. The Labute approximate surface area is 99.9 Å². The van der Waals surface area contributed by atoms with Gasteiger partial charge in [0.1, 0.15) is 5.01 Å². The maximum Gasteiger partial charge on any atom is 0.108 e. The number of hydrogen-bond donors (Lipinski definition) is 0. The first-order chi connectivity index (χ1) is 7.92. The summed E-state index contributed by atoms with van der Waals surface area (Å²) in [6.45, 7) is 3.53. The van der Waals surface area contributed by atoms with Gasteiger partial charge in [0.2, 0.25) is 0 Å². The minimum Gasteiger partial charge on any atom is -0.297 e. The normalized spacial score (nSPS) is 18.0. The van der Waals surface area contributed by atoms with Crippen molar-refractivity contribution in [1.82, 2.24) is 9.88 Å². The zero-order valence-corrected chi connectivity index (χ0v) is 10.2. The highest BCUT2D eigenvalue weighted by Crippen LogP contribution is 2.23. The molecule has 2 heterocycles. The van der Waals surface area contributed by atoms with Crippen molar-refractivity contribution in [2.24, 2.45) is 0 Å². The first-order valence-corrected chi connectivity index (χ1v) is 6.80. The molecule has 84 valence electrons. The van der Waals surface area contributed by atoms with E-state index in [1.807, 2.05) is 11.3 Å². The molecule has 2 aromatic rings. The largest absolute Gasteiger partial charge is 0.297 e. The van der Waals surface area contributed by atoms with Gasteiger partial charge in [-0.1, -0.05) is 18.6 Å². The van der Waals surface area contributed by atoms with E-state index in [4.69, 9.17) is 0 Å². The molecule has 1 saturated heterocycles. The summed E-state index contributed by atoms with van der Waals surface area (Å²) < 4.78 is 1.31. The highest BCUT2D eigenvalue weighted by Gasteiger charge is 2.12. The van der Waals surface area contributed by atoms with Crippen molar-refractivity contribution in [3.63, 3.8) is 0 Å². The summed E-state index contributed by atoms with van der Waals surface area (Å²) in [5.41, 5.74) is 1.15. The van der Waals surface area contributed by atoms with Gasteiger partial charge in [0.25, 0.3) is 0 Å². The van der Waals surface area contributed by atoms with Crippen LogP contribution in [0.2, 0.25) is 0 Å². The molecule has 1 aromatic carbocycles. The SMILES string of the molecule is c1ccc2sc(CN3CCCCC3)nc2c1. The van der Waals surface area contributed by atoms with E-state index >= 15 is 0 Å². The molecule has 0 atom stereocenters. The van der Waals surface area contributed by atoms with Crippen LogP contribution in [0.5, 0.6) is 0 Å². The Morgan fingerprint density at radius 3 is 2.75 bits per heavy atom. The quantitative estimate of drug-likeness (QED) is 0.790. The average molecular weight is 232 g/mol. The molecule has 0 saturated carbocycles. The summed E-state index contributed by atoms with van der Waals surface area (Å²) in [7, 11) is 0. The topological polar surface area (TPSA) is 16.1 Å². The number of fused-ring (bicyclic) bond motifs is 1. The molecule has 2 nitrogen and oxygen atoms in total. The molecule has 1 aliphatic rings. The van der Waals surface area contributed by atoms with Gasteiger partial charge in [0.15, 0.2) is 0 Å². The smallest absolute Gasteiger partial charge is 0.108 e. The first kappa shape index (κ1) is 10.2. The van der Waals surface area contributed by atoms with Gasteiger partial charge < -0.3 is 0 Å². The number of nitrogens with zero attached hydrogens (tertiary/aromatic N) is 2. The maximum atomic E-state index is 4.68. The molecular formula is C13H16N2S. The number of benzene rings is 1. The van der Waals surface area contributed by atoms with Crippen LogP contribution in [-0.2, 0) is 6.54 Å². The fourth-order valence-corrected chi connectivity index (χ4v) is 3.31. The molecule has 0 spiro atoms. The highest BCUT2D eigenvalue weighted by molar-refractivity contribution is 7.18. The second kappa shape index (κ2) is 4.52. The Balaban J connectivity index is 1.78. The van der Waals surface area contributed by atoms with Crippen molar-refractivity contribution < 1.29 is 0 Å². The number of para-hydroxylation sites is 1.